The van der Waals surface area contributed by atoms with Crippen molar-refractivity contribution in [1.29, 1.82) is 0 Å². The molecule has 0 radical (unpaired) electrons. The number of aromatic nitrogens is 2. The number of halogens is 3. The summed E-state index contributed by atoms with van der Waals surface area (Å²) < 4.78 is 39.4. The Bertz CT molecular complexity index is 826. The maximum atomic E-state index is 13.1. The lowest BCUT2D eigenvalue weighted by Crippen LogP contribution is -2.22. The zero-order valence-electron chi connectivity index (χ0n) is 15.0. The van der Waals surface area contributed by atoms with Crippen molar-refractivity contribution >= 4 is 23.1 Å². The summed E-state index contributed by atoms with van der Waals surface area (Å²) in [5.41, 5.74) is -0.683. The number of rotatable bonds is 7. The minimum Gasteiger partial charge on any atom is -0.353 e. The van der Waals surface area contributed by atoms with Crippen LogP contribution in [0.2, 0.25) is 0 Å². The van der Waals surface area contributed by atoms with Crippen molar-refractivity contribution < 1.29 is 18.1 Å². The van der Waals surface area contributed by atoms with Gasteiger partial charge in [0.2, 0.25) is 5.95 Å². The van der Waals surface area contributed by atoms with Crippen LogP contribution in [0.3, 0.4) is 0 Å². The molecule has 0 atom stereocenters. The van der Waals surface area contributed by atoms with Gasteiger partial charge < -0.3 is 15.5 Å². The number of nitro groups is 1. The normalized spacial score (nSPS) is 11.5. The van der Waals surface area contributed by atoms with Crippen LogP contribution in [0, 0.1) is 17.0 Å². The molecule has 0 unspecified atom stereocenters. The zero-order valence-corrected chi connectivity index (χ0v) is 15.0. The summed E-state index contributed by atoms with van der Waals surface area (Å²) in [6, 6.07) is 5.04. The Labute approximate surface area is 153 Å². The average Bonchev–Trinajstić information content (AvgIpc) is 2.55. The number of hydrogen-bond acceptors (Lipinski definition) is 7. The number of benzene rings is 1. The predicted octanol–water partition coefficient (Wildman–Crippen LogP) is 3.43. The third-order valence-corrected chi connectivity index (χ3v) is 3.62. The van der Waals surface area contributed by atoms with Crippen molar-refractivity contribution in [2.75, 3.05) is 37.8 Å². The smallest absolute Gasteiger partial charge is 0.353 e. The molecule has 0 fully saturated rings. The van der Waals surface area contributed by atoms with E-state index >= 15 is 0 Å². The van der Waals surface area contributed by atoms with Crippen molar-refractivity contribution in [3.63, 3.8) is 0 Å². The highest BCUT2D eigenvalue weighted by Crippen LogP contribution is 2.32. The van der Waals surface area contributed by atoms with Gasteiger partial charge >= 0.3 is 6.18 Å². The van der Waals surface area contributed by atoms with Gasteiger partial charge in [-0.05, 0) is 27.1 Å². The first kappa shape index (κ1) is 20.4. The van der Waals surface area contributed by atoms with Gasteiger partial charge in [0.25, 0.3) is 5.69 Å². The lowest BCUT2D eigenvalue weighted by atomic mass is 10.1. The van der Waals surface area contributed by atoms with Crippen LogP contribution in [-0.2, 0) is 6.18 Å². The molecule has 0 spiro atoms. The van der Waals surface area contributed by atoms with E-state index in [4.69, 9.17) is 0 Å². The van der Waals surface area contributed by atoms with Crippen LogP contribution in [0.15, 0.2) is 24.3 Å². The van der Waals surface area contributed by atoms with Crippen LogP contribution in [0.5, 0.6) is 0 Å². The molecule has 2 N–H and O–H groups in total. The number of nitrogens with zero attached hydrogens (tertiary/aromatic N) is 4. The van der Waals surface area contributed by atoms with Crippen LogP contribution < -0.4 is 10.6 Å². The molecule has 0 saturated carbocycles. The Morgan fingerprint density at radius 3 is 2.56 bits per heavy atom. The van der Waals surface area contributed by atoms with E-state index in [1.807, 2.05) is 19.0 Å². The first-order valence-corrected chi connectivity index (χ1v) is 7.94. The summed E-state index contributed by atoms with van der Waals surface area (Å²) in [5.74, 6) is -0.300. The number of likely N-dealkylation sites (N-methyl/N-ethyl adjacent to an activating group) is 1. The van der Waals surface area contributed by atoms with E-state index in [1.54, 1.807) is 0 Å². The molecule has 0 bridgehead atoms. The van der Waals surface area contributed by atoms with E-state index in [0.717, 1.165) is 6.07 Å². The molecule has 1 aromatic heterocycles. The predicted molar refractivity (Wildman–Crippen MR) is 95.2 cm³/mol. The number of nitro benzene ring substituents is 1. The number of hydrogen-bond donors (Lipinski definition) is 2. The lowest BCUT2D eigenvalue weighted by molar-refractivity contribution is -0.385. The second-order valence-corrected chi connectivity index (χ2v) is 6.02. The number of alkyl halides is 3. The summed E-state index contributed by atoms with van der Waals surface area (Å²) in [7, 11) is 3.65. The largest absolute Gasteiger partial charge is 0.433 e. The molecule has 8 nitrogen and oxygen atoms in total. The van der Waals surface area contributed by atoms with Crippen LogP contribution in [0.25, 0.3) is 0 Å². The number of nitrogens with one attached hydrogen (secondary N) is 2. The highest BCUT2D eigenvalue weighted by atomic mass is 19.4. The molecule has 1 heterocycles. The van der Waals surface area contributed by atoms with Crippen LogP contribution in [0.4, 0.5) is 36.3 Å². The van der Waals surface area contributed by atoms with E-state index in [1.165, 1.54) is 25.1 Å². The molecule has 0 aliphatic heterocycles. The fourth-order valence-corrected chi connectivity index (χ4v) is 2.22. The van der Waals surface area contributed by atoms with E-state index in [2.05, 4.69) is 20.6 Å². The highest BCUT2D eigenvalue weighted by Gasteiger charge is 2.34. The van der Waals surface area contributed by atoms with Crippen molar-refractivity contribution in [2.45, 2.75) is 13.1 Å². The van der Waals surface area contributed by atoms with Gasteiger partial charge in [0, 0.05) is 30.9 Å². The summed E-state index contributed by atoms with van der Waals surface area (Å²) in [6.07, 6.45) is -4.66. The second-order valence-electron chi connectivity index (χ2n) is 6.02. The molecule has 0 aliphatic rings. The Kier molecular flexibility index (Phi) is 6.16. The average molecular weight is 384 g/mol. The molecule has 11 heteroatoms. The van der Waals surface area contributed by atoms with Gasteiger partial charge in [-0.1, -0.05) is 6.07 Å². The monoisotopic (exact) mass is 384 g/mol. The van der Waals surface area contributed by atoms with E-state index in [0.29, 0.717) is 13.1 Å². The molecule has 0 saturated heterocycles. The maximum absolute atomic E-state index is 13.1. The quantitative estimate of drug-likeness (QED) is 0.558. The molecular weight excluding hydrogens is 365 g/mol. The lowest BCUT2D eigenvalue weighted by Gasteiger charge is -2.15. The summed E-state index contributed by atoms with van der Waals surface area (Å²) >= 11 is 0. The minimum atomic E-state index is -4.66. The molecule has 0 amide bonds. The van der Waals surface area contributed by atoms with Gasteiger partial charge in [-0.15, -0.1) is 0 Å². The standard InChI is InChI=1S/C16H19F3N6O2/c1-10-11(5-4-6-12(10)25(26)27)21-14-9-13(16(17,18)19)22-15(23-14)20-7-8-24(2)3/h4-6,9H,7-8H2,1-3H3,(H2,20,21,22,23). The topological polar surface area (TPSA) is 96.2 Å². The Balaban J connectivity index is 2.35. The number of anilines is 3. The second kappa shape index (κ2) is 8.16. The van der Waals surface area contributed by atoms with Crippen LogP contribution in [0.1, 0.15) is 11.3 Å². The van der Waals surface area contributed by atoms with E-state index in [9.17, 15) is 23.3 Å². The Morgan fingerprint density at radius 1 is 1.26 bits per heavy atom. The van der Waals surface area contributed by atoms with Gasteiger partial charge in [-0.2, -0.15) is 18.2 Å². The third kappa shape index (κ3) is 5.51. The molecule has 1 aromatic carbocycles. The molecular formula is C16H19F3N6O2. The van der Waals surface area contributed by atoms with Crippen LogP contribution >= 0.6 is 0 Å². The maximum Gasteiger partial charge on any atom is 0.433 e. The van der Waals surface area contributed by atoms with Crippen LogP contribution in [-0.4, -0.2) is 47.0 Å². The molecule has 146 valence electrons. The Morgan fingerprint density at radius 2 is 1.96 bits per heavy atom. The van der Waals surface area contributed by atoms with Crippen molar-refractivity contribution in [3.8, 4) is 0 Å². The SMILES string of the molecule is Cc1c(Nc2cc(C(F)(F)F)nc(NCCN(C)C)n2)cccc1[N+](=O)[O-]. The highest BCUT2D eigenvalue weighted by molar-refractivity contribution is 5.66. The van der Waals surface area contributed by atoms with Crippen molar-refractivity contribution in [1.82, 2.24) is 14.9 Å². The van der Waals surface area contributed by atoms with Crippen molar-refractivity contribution in [2.24, 2.45) is 0 Å². The van der Waals surface area contributed by atoms with E-state index < -0.39 is 16.8 Å². The fraction of sp³-hybridized carbons (Fsp3) is 0.375. The third-order valence-electron chi connectivity index (χ3n) is 3.62. The van der Waals surface area contributed by atoms with Gasteiger partial charge in [0.15, 0.2) is 5.69 Å². The zero-order chi connectivity index (χ0) is 20.2. The summed E-state index contributed by atoms with van der Waals surface area (Å²) in [5, 5.41) is 16.5. The summed E-state index contributed by atoms with van der Waals surface area (Å²) in [4.78, 5) is 19.9. The molecule has 2 aromatic rings. The molecule has 2 rings (SSSR count). The fourth-order valence-electron chi connectivity index (χ4n) is 2.22. The Hall–Kier alpha value is -2.95. The van der Waals surface area contributed by atoms with Gasteiger partial charge in [-0.3, -0.25) is 10.1 Å². The van der Waals surface area contributed by atoms with Gasteiger partial charge in [0.05, 0.1) is 10.5 Å². The van der Waals surface area contributed by atoms with Gasteiger partial charge in [0.1, 0.15) is 5.82 Å². The van der Waals surface area contributed by atoms with Crippen molar-refractivity contribution in [3.05, 3.63) is 45.6 Å². The molecule has 27 heavy (non-hydrogen) atoms. The first-order valence-electron chi connectivity index (χ1n) is 7.94. The molecule has 0 aliphatic carbocycles. The van der Waals surface area contributed by atoms with Gasteiger partial charge in [-0.25, -0.2) is 4.98 Å². The summed E-state index contributed by atoms with van der Waals surface area (Å²) in [6.45, 7) is 2.43. The van der Waals surface area contributed by atoms with E-state index in [-0.39, 0.29) is 28.7 Å². The minimum absolute atomic E-state index is 0.117. The first-order chi connectivity index (χ1) is 12.6.